The molecule has 1 aliphatic carbocycles. The second-order valence-corrected chi connectivity index (χ2v) is 4.64. The molecule has 0 radical (unpaired) electrons. The molecule has 0 spiro atoms. The smallest absolute Gasteiger partial charge is 0.142 e. The predicted molar refractivity (Wildman–Crippen MR) is 72.9 cm³/mol. The Bertz CT molecular complexity index is 601. The second-order valence-electron chi connectivity index (χ2n) is 4.64. The molecule has 1 fully saturated rings. The molecule has 0 atom stereocenters. The molecule has 2 N–H and O–H groups in total. The lowest BCUT2D eigenvalue weighted by Gasteiger charge is -2.05. The predicted octanol–water partition coefficient (Wildman–Crippen LogP) is 2.64. The van der Waals surface area contributed by atoms with E-state index in [4.69, 9.17) is 17.1 Å². The quantitative estimate of drug-likeness (QED) is 0.834. The van der Waals surface area contributed by atoms with Gasteiger partial charge in [0.1, 0.15) is 11.6 Å². The Morgan fingerprint density at radius 3 is 2.67 bits per heavy atom. The molecule has 0 aliphatic heterocycles. The Labute approximate surface area is 107 Å². The fourth-order valence-corrected chi connectivity index (χ4v) is 2.20. The van der Waals surface area contributed by atoms with Crippen molar-refractivity contribution >= 4 is 5.82 Å². The summed E-state index contributed by atoms with van der Waals surface area (Å²) in [5, 5.41) is 0. The van der Waals surface area contributed by atoms with E-state index in [-0.39, 0.29) is 0 Å². The van der Waals surface area contributed by atoms with Crippen LogP contribution in [0.2, 0.25) is 0 Å². The van der Waals surface area contributed by atoms with Crippen LogP contribution in [-0.4, -0.2) is 9.55 Å². The van der Waals surface area contributed by atoms with Gasteiger partial charge in [0.05, 0.1) is 12.2 Å². The second kappa shape index (κ2) is 4.23. The molecule has 3 rings (SSSR count). The van der Waals surface area contributed by atoms with Crippen molar-refractivity contribution in [1.82, 2.24) is 9.55 Å². The number of nitrogen functional groups attached to an aromatic ring is 1. The Balaban J connectivity index is 2.13. The third kappa shape index (κ3) is 1.76. The van der Waals surface area contributed by atoms with Crippen molar-refractivity contribution in [3.8, 4) is 23.7 Å². The number of aromatic nitrogens is 2. The Morgan fingerprint density at radius 2 is 2.06 bits per heavy atom. The maximum Gasteiger partial charge on any atom is 0.142 e. The topological polar surface area (TPSA) is 43.8 Å². The minimum absolute atomic E-state index is 0.468. The van der Waals surface area contributed by atoms with Gasteiger partial charge in [-0.25, -0.2) is 4.98 Å². The minimum atomic E-state index is 0.468. The zero-order valence-corrected chi connectivity index (χ0v) is 10.1. The lowest BCUT2D eigenvalue weighted by molar-refractivity contribution is 0.861. The van der Waals surface area contributed by atoms with Crippen molar-refractivity contribution < 1.29 is 0 Å². The Kier molecular flexibility index (Phi) is 2.56. The standard InChI is InChI=1S/C15H15N3/c1-2-10-18-14(16)13(11-8-9-11)17-15(18)12-6-4-3-5-7-12/h1,3-7,11H,8-10,16H2. The molecule has 1 aromatic carbocycles. The van der Waals surface area contributed by atoms with E-state index in [1.807, 2.05) is 34.9 Å². The molecule has 18 heavy (non-hydrogen) atoms. The molecule has 1 aliphatic rings. The molecule has 3 heteroatoms. The number of benzene rings is 1. The number of hydrogen-bond acceptors (Lipinski definition) is 2. The summed E-state index contributed by atoms with van der Waals surface area (Å²) in [7, 11) is 0. The molecule has 1 heterocycles. The first kappa shape index (κ1) is 10.9. The van der Waals surface area contributed by atoms with Crippen LogP contribution in [0.15, 0.2) is 30.3 Å². The molecule has 3 nitrogen and oxygen atoms in total. The highest BCUT2D eigenvalue weighted by molar-refractivity contribution is 5.61. The molecule has 90 valence electrons. The van der Waals surface area contributed by atoms with E-state index in [1.165, 1.54) is 12.8 Å². The number of nitrogens with two attached hydrogens (primary N) is 1. The van der Waals surface area contributed by atoms with E-state index >= 15 is 0 Å². The third-order valence-corrected chi connectivity index (χ3v) is 3.28. The van der Waals surface area contributed by atoms with E-state index in [9.17, 15) is 0 Å². The number of rotatable bonds is 3. The highest BCUT2D eigenvalue weighted by Gasteiger charge is 2.30. The molecular weight excluding hydrogens is 222 g/mol. The van der Waals surface area contributed by atoms with E-state index in [0.717, 1.165) is 22.9 Å². The SMILES string of the molecule is C#CCn1c(-c2ccccc2)nc(C2CC2)c1N. The van der Waals surface area contributed by atoms with Crippen molar-refractivity contribution in [2.75, 3.05) is 5.73 Å². The average Bonchev–Trinajstić information content (AvgIpc) is 3.19. The zero-order chi connectivity index (χ0) is 12.5. The maximum atomic E-state index is 6.17. The lowest BCUT2D eigenvalue weighted by Crippen LogP contribution is -2.04. The molecule has 0 bridgehead atoms. The number of hydrogen-bond donors (Lipinski definition) is 1. The van der Waals surface area contributed by atoms with Gasteiger partial charge in [0.25, 0.3) is 0 Å². The van der Waals surface area contributed by atoms with Crippen molar-refractivity contribution in [1.29, 1.82) is 0 Å². The molecule has 0 amide bonds. The van der Waals surface area contributed by atoms with Gasteiger partial charge >= 0.3 is 0 Å². The van der Waals surface area contributed by atoms with Crippen LogP contribution >= 0.6 is 0 Å². The first-order chi connectivity index (χ1) is 8.81. The summed E-state index contributed by atoms with van der Waals surface area (Å²) in [5.74, 6) is 4.80. The van der Waals surface area contributed by atoms with Gasteiger partial charge in [-0.1, -0.05) is 36.3 Å². The number of anilines is 1. The molecular formula is C15H15N3. The Morgan fingerprint density at radius 1 is 1.33 bits per heavy atom. The van der Waals surface area contributed by atoms with Crippen molar-refractivity contribution in [2.45, 2.75) is 25.3 Å². The van der Waals surface area contributed by atoms with Crippen LogP contribution < -0.4 is 5.73 Å². The summed E-state index contributed by atoms with van der Waals surface area (Å²) in [6, 6.07) is 10.1. The molecule has 0 saturated heterocycles. The van der Waals surface area contributed by atoms with Crippen molar-refractivity contribution in [3.05, 3.63) is 36.0 Å². The van der Waals surface area contributed by atoms with Gasteiger partial charge in [0.15, 0.2) is 0 Å². The lowest BCUT2D eigenvalue weighted by atomic mass is 10.2. The van der Waals surface area contributed by atoms with Gasteiger partial charge in [0, 0.05) is 11.5 Å². The first-order valence-electron chi connectivity index (χ1n) is 6.16. The van der Waals surface area contributed by atoms with Crippen LogP contribution in [0.25, 0.3) is 11.4 Å². The Hall–Kier alpha value is -2.21. The molecule has 1 saturated carbocycles. The van der Waals surface area contributed by atoms with Crippen LogP contribution in [0.1, 0.15) is 24.5 Å². The summed E-state index contributed by atoms with van der Waals surface area (Å²) in [4.78, 5) is 4.70. The monoisotopic (exact) mass is 237 g/mol. The van der Waals surface area contributed by atoms with Crippen LogP contribution in [0.4, 0.5) is 5.82 Å². The molecule has 2 aromatic rings. The molecule has 0 unspecified atom stereocenters. The van der Waals surface area contributed by atoms with E-state index < -0.39 is 0 Å². The van der Waals surface area contributed by atoms with E-state index in [0.29, 0.717) is 12.5 Å². The van der Waals surface area contributed by atoms with Crippen LogP contribution in [0.5, 0.6) is 0 Å². The van der Waals surface area contributed by atoms with Gasteiger partial charge in [-0.2, -0.15) is 0 Å². The first-order valence-corrected chi connectivity index (χ1v) is 6.16. The van der Waals surface area contributed by atoms with Gasteiger partial charge in [-0.05, 0) is 12.8 Å². The number of nitrogens with zero attached hydrogens (tertiary/aromatic N) is 2. The summed E-state index contributed by atoms with van der Waals surface area (Å²) < 4.78 is 1.93. The van der Waals surface area contributed by atoms with Crippen LogP contribution in [0, 0.1) is 12.3 Å². The van der Waals surface area contributed by atoms with E-state index in [2.05, 4.69) is 5.92 Å². The molecule has 1 aromatic heterocycles. The van der Waals surface area contributed by atoms with Gasteiger partial charge in [-0.3, -0.25) is 4.57 Å². The largest absolute Gasteiger partial charge is 0.383 e. The summed E-state index contributed by atoms with van der Waals surface area (Å²) in [6.45, 7) is 0.468. The average molecular weight is 237 g/mol. The maximum absolute atomic E-state index is 6.17. The number of terminal acetylenes is 1. The van der Waals surface area contributed by atoms with Gasteiger partial charge < -0.3 is 5.73 Å². The zero-order valence-electron chi connectivity index (χ0n) is 10.1. The summed E-state index contributed by atoms with van der Waals surface area (Å²) in [5.41, 5.74) is 8.25. The normalized spacial score (nSPS) is 14.4. The third-order valence-electron chi connectivity index (χ3n) is 3.28. The summed E-state index contributed by atoms with van der Waals surface area (Å²) in [6.07, 6.45) is 7.80. The minimum Gasteiger partial charge on any atom is -0.383 e. The van der Waals surface area contributed by atoms with Gasteiger partial charge in [-0.15, -0.1) is 6.42 Å². The van der Waals surface area contributed by atoms with E-state index in [1.54, 1.807) is 0 Å². The highest BCUT2D eigenvalue weighted by Crippen LogP contribution is 2.43. The van der Waals surface area contributed by atoms with Crippen molar-refractivity contribution in [2.24, 2.45) is 0 Å². The fraction of sp³-hybridized carbons (Fsp3) is 0.267. The van der Waals surface area contributed by atoms with Crippen LogP contribution in [-0.2, 0) is 6.54 Å². The van der Waals surface area contributed by atoms with Crippen molar-refractivity contribution in [3.63, 3.8) is 0 Å². The number of imidazole rings is 1. The highest BCUT2D eigenvalue weighted by atomic mass is 15.1. The van der Waals surface area contributed by atoms with Gasteiger partial charge in [0.2, 0.25) is 0 Å². The van der Waals surface area contributed by atoms with Crippen LogP contribution in [0.3, 0.4) is 0 Å². The fourth-order valence-electron chi connectivity index (χ4n) is 2.20. The summed E-state index contributed by atoms with van der Waals surface area (Å²) >= 11 is 0.